The zero-order chi connectivity index (χ0) is 26.1. The average molecular weight is 517 g/mol. The van der Waals surface area contributed by atoms with E-state index in [9.17, 15) is 13.6 Å². The molecule has 3 aromatic rings. The minimum Gasteiger partial charge on any atom is -0.447 e. The highest BCUT2D eigenvalue weighted by atomic mass is 19.2. The van der Waals surface area contributed by atoms with Crippen LogP contribution in [0.3, 0.4) is 0 Å². The Hall–Kier alpha value is -3.25. The van der Waals surface area contributed by atoms with Crippen LogP contribution in [0.1, 0.15) is 61.3 Å². The molecule has 2 heterocycles. The molecule has 3 aliphatic rings. The quantitative estimate of drug-likeness (QED) is 0.300. The Kier molecular flexibility index (Phi) is 6.91. The van der Waals surface area contributed by atoms with E-state index >= 15 is 0 Å². The van der Waals surface area contributed by atoms with Crippen molar-refractivity contribution in [3.8, 4) is 11.1 Å². The second kappa shape index (κ2) is 10.5. The lowest BCUT2D eigenvalue weighted by Crippen LogP contribution is -2.42. The number of hydrogen-bond donors (Lipinski definition) is 0. The van der Waals surface area contributed by atoms with Gasteiger partial charge in [0.1, 0.15) is 6.61 Å². The lowest BCUT2D eigenvalue weighted by molar-refractivity contribution is 0.157. The van der Waals surface area contributed by atoms with Crippen molar-refractivity contribution in [3.63, 3.8) is 0 Å². The lowest BCUT2D eigenvalue weighted by Gasteiger charge is -2.41. The van der Waals surface area contributed by atoms with Crippen LogP contribution in [0.25, 0.3) is 11.1 Å². The van der Waals surface area contributed by atoms with E-state index in [0.717, 1.165) is 64.2 Å². The molecule has 0 aromatic heterocycles. The van der Waals surface area contributed by atoms with Gasteiger partial charge in [0.15, 0.2) is 11.6 Å². The van der Waals surface area contributed by atoms with Gasteiger partial charge in [0.05, 0.1) is 6.04 Å². The molecule has 1 amide bonds. The standard InChI is InChI=1S/C32H34F2N2O2/c33-28-14-13-23(21-29(28)34)30-22-38-31(37)36(30)18-8-2-1-7-17-35-19-15-32(16-20-35)26-11-5-3-9-24(26)25-10-4-6-12-27(25)32/h3-6,9-14,21,30H,1-2,7-8,15-20,22H2/t30-/m0/s1. The molecule has 2 fully saturated rings. The Bertz CT molecular complexity index is 1270. The van der Waals surface area contributed by atoms with Crippen molar-refractivity contribution in [2.24, 2.45) is 0 Å². The average Bonchev–Trinajstić information content (AvgIpc) is 3.44. The van der Waals surface area contributed by atoms with Crippen molar-refractivity contribution in [3.05, 3.63) is 95.1 Å². The topological polar surface area (TPSA) is 32.8 Å². The summed E-state index contributed by atoms with van der Waals surface area (Å²) in [6.45, 7) is 4.06. The summed E-state index contributed by atoms with van der Waals surface area (Å²) in [5.74, 6) is -1.78. The molecule has 0 N–H and O–H groups in total. The Morgan fingerprint density at radius 1 is 0.789 bits per heavy atom. The number of amides is 1. The normalized spacial score (nSPS) is 20.0. The molecule has 0 radical (unpaired) electrons. The van der Waals surface area contributed by atoms with Gasteiger partial charge >= 0.3 is 6.09 Å². The van der Waals surface area contributed by atoms with Gasteiger partial charge in [-0.05, 0) is 85.3 Å². The predicted octanol–water partition coefficient (Wildman–Crippen LogP) is 7.08. The third-order valence-electron chi connectivity index (χ3n) is 8.81. The number of rotatable bonds is 8. The van der Waals surface area contributed by atoms with Crippen molar-refractivity contribution in [1.82, 2.24) is 9.80 Å². The van der Waals surface area contributed by atoms with Crippen LogP contribution in [0.2, 0.25) is 0 Å². The van der Waals surface area contributed by atoms with Crippen LogP contribution in [-0.2, 0) is 10.2 Å². The van der Waals surface area contributed by atoms with Crippen LogP contribution >= 0.6 is 0 Å². The first-order valence-corrected chi connectivity index (χ1v) is 13.9. The molecule has 1 atom stereocenters. The van der Waals surface area contributed by atoms with Crippen LogP contribution in [0.5, 0.6) is 0 Å². The largest absolute Gasteiger partial charge is 0.447 e. The second-order valence-electron chi connectivity index (χ2n) is 10.9. The van der Waals surface area contributed by atoms with E-state index in [0.29, 0.717) is 12.1 Å². The maximum atomic E-state index is 13.7. The summed E-state index contributed by atoms with van der Waals surface area (Å²) >= 11 is 0. The SMILES string of the molecule is O=C1OC[C@@H](c2ccc(F)c(F)c2)N1CCCCCCN1CCC2(CC1)c1ccccc1-c1ccccc12. The number of cyclic esters (lactones) is 1. The highest BCUT2D eigenvalue weighted by Gasteiger charge is 2.44. The number of fused-ring (bicyclic) bond motifs is 5. The number of unbranched alkanes of at least 4 members (excludes halogenated alkanes) is 3. The Morgan fingerprint density at radius 3 is 2.08 bits per heavy atom. The first kappa shape index (κ1) is 25.1. The van der Waals surface area contributed by atoms with Gasteiger partial charge in [0.2, 0.25) is 0 Å². The first-order valence-electron chi connectivity index (χ1n) is 13.9. The summed E-state index contributed by atoms with van der Waals surface area (Å²) in [6.07, 6.45) is 6.06. The number of carbonyl (C=O) groups excluding carboxylic acids is 1. The molecule has 4 nitrogen and oxygen atoms in total. The molecular weight excluding hydrogens is 482 g/mol. The summed E-state index contributed by atoms with van der Waals surface area (Å²) in [4.78, 5) is 16.5. The first-order chi connectivity index (χ1) is 18.6. The molecule has 0 unspecified atom stereocenters. The number of carbonyl (C=O) groups is 1. The maximum absolute atomic E-state index is 13.7. The van der Waals surface area contributed by atoms with E-state index in [4.69, 9.17) is 4.74 Å². The van der Waals surface area contributed by atoms with Gasteiger partial charge < -0.3 is 9.64 Å². The molecule has 1 spiro atoms. The third-order valence-corrected chi connectivity index (χ3v) is 8.81. The van der Waals surface area contributed by atoms with Crippen molar-refractivity contribution < 1.29 is 18.3 Å². The minimum absolute atomic E-state index is 0.151. The van der Waals surface area contributed by atoms with Crippen LogP contribution < -0.4 is 0 Å². The predicted molar refractivity (Wildman–Crippen MR) is 144 cm³/mol. The number of hydrogen-bond acceptors (Lipinski definition) is 3. The summed E-state index contributed by atoms with van der Waals surface area (Å²) in [5, 5.41) is 0. The number of benzene rings is 3. The number of nitrogens with zero attached hydrogens (tertiary/aromatic N) is 2. The van der Waals surface area contributed by atoms with Crippen molar-refractivity contribution >= 4 is 6.09 Å². The number of ether oxygens (including phenoxy) is 1. The van der Waals surface area contributed by atoms with Crippen LogP contribution in [0.15, 0.2) is 66.7 Å². The van der Waals surface area contributed by atoms with E-state index < -0.39 is 11.6 Å². The van der Waals surface area contributed by atoms with Crippen LogP contribution in [0, 0.1) is 11.6 Å². The second-order valence-corrected chi connectivity index (χ2v) is 10.9. The summed E-state index contributed by atoms with van der Waals surface area (Å²) in [5.41, 5.74) is 6.55. The summed E-state index contributed by atoms with van der Waals surface area (Å²) in [7, 11) is 0. The zero-order valence-electron chi connectivity index (χ0n) is 21.7. The number of likely N-dealkylation sites (tertiary alicyclic amines) is 1. The molecule has 1 aliphatic carbocycles. The van der Waals surface area contributed by atoms with Crippen molar-refractivity contribution in [2.75, 3.05) is 32.8 Å². The smallest absolute Gasteiger partial charge is 0.410 e. The fraction of sp³-hybridized carbons (Fsp3) is 0.406. The molecule has 2 aliphatic heterocycles. The molecule has 6 heteroatoms. The third kappa shape index (κ3) is 4.49. The molecule has 0 saturated carbocycles. The molecule has 3 aromatic carbocycles. The van der Waals surface area contributed by atoms with Gasteiger partial charge in [0.25, 0.3) is 0 Å². The van der Waals surface area contributed by atoms with E-state index in [-0.39, 0.29) is 24.2 Å². The van der Waals surface area contributed by atoms with E-state index in [1.165, 1.54) is 34.4 Å². The highest BCUT2D eigenvalue weighted by Crippen LogP contribution is 2.53. The van der Waals surface area contributed by atoms with Crippen molar-refractivity contribution in [2.45, 2.75) is 50.0 Å². The highest BCUT2D eigenvalue weighted by molar-refractivity contribution is 5.81. The van der Waals surface area contributed by atoms with Crippen LogP contribution in [0.4, 0.5) is 13.6 Å². The van der Waals surface area contributed by atoms with E-state index in [2.05, 4.69) is 53.4 Å². The maximum Gasteiger partial charge on any atom is 0.410 e. The summed E-state index contributed by atoms with van der Waals surface area (Å²) in [6, 6.07) is 21.3. The molecule has 0 bridgehead atoms. The van der Waals surface area contributed by atoms with Crippen LogP contribution in [-0.4, -0.2) is 48.7 Å². The molecule has 38 heavy (non-hydrogen) atoms. The van der Waals surface area contributed by atoms with E-state index in [1.54, 1.807) is 4.90 Å². The Labute approximate surface area is 223 Å². The molecule has 198 valence electrons. The van der Waals surface area contributed by atoms with Gasteiger partial charge in [-0.25, -0.2) is 13.6 Å². The molecule has 2 saturated heterocycles. The van der Waals surface area contributed by atoms with Gasteiger partial charge in [-0.15, -0.1) is 0 Å². The zero-order valence-corrected chi connectivity index (χ0v) is 21.7. The fourth-order valence-corrected chi connectivity index (χ4v) is 6.78. The fourth-order valence-electron chi connectivity index (χ4n) is 6.78. The monoisotopic (exact) mass is 516 g/mol. The number of halogens is 2. The molecule has 6 rings (SSSR count). The van der Waals surface area contributed by atoms with Gasteiger partial charge in [-0.1, -0.05) is 67.4 Å². The van der Waals surface area contributed by atoms with Gasteiger partial charge in [-0.3, -0.25) is 4.90 Å². The minimum atomic E-state index is -0.896. The Balaban J connectivity index is 0.966. The lowest BCUT2D eigenvalue weighted by atomic mass is 9.71. The summed E-state index contributed by atoms with van der Waals surface area (Å²) < 4.78 is 32.2. The van der Waals surface area contributed by atoms with Crippen molar-refractivity contribution in [1.29, 1.82) is 0 Å². The van der Waals surface area contributed by atoms with Gasteiger partial charge in [-0.2, -0.15) is 0 Å². The number of piperidine rings is 1. The van der Waals surface area contributed by atoms with E-state index in [1.807, 2.05) is 0 Å². The van der Waals surface area contributed by atoms with Gasteiger partial charge in [0, 0.05) is 12.0 Å². The molecular formula is C32H34F2N2O2. The Morgan fingerprint density at radius 2 is 1.42 bits per heavy atom.